The van der Waals surface area contributed by atoms with Gasteiger partial charge >= 0.3 is 0 Å². The zero-order chi connectivity index (χ0) is 16.5. The van der Waals surface area contributed by atoms with Gasteiger partial charge in [0.2, 0.25) is 11.6 Å². The third kappa shape index (κ3) is 2.40. The Morgan fingerprint density at radius 1 is 0.750 bits per heavy atom. The van der Waals surface area contributed by atoms with Crippen LogP contribution < -0.4 is 5.32 Å². The highest BCUT2D eigenvalue weighted by Crippen LogP contribution is 2.31. The molecule has 2 aromatic carbocycles. The third-order valence-corrected chi connectivity index (χ3v) is 4.56. The SMILES string of the molecule is O=C1C(Nc2ccccc2)=C(N2CCCC2)C(=O)c2ccccc21. The fourth-order valence-corrected chi connectivity index (χ4v) is 3.39. The van der Waals surface area contributed by atoms with Crippen LogP contribution in [-0.4, -0.2) is 29.6 Å². The number of hydrogen-bond acceptors (Lipinski definition) is 4. The lowest BCUT2D eigenvalue weighted by Gasteiger charge is -2.28. The first-order chi connectivity index (χ1) is 11.8. The minimum atomic E-state index is -0.115. The fourth-order valence-electron chi connectivity index (χ4n) is 3.39. The molecule has 1 aliphatic heterocycles. The van der Waals surface area contributed by atoms with Gasteiger partial charge in [-0.1, -0.05) is 42.5 Å². The Morgan fingerprint density at radius 2 is 1.33 bits per heavy atom. The van der Waals surface area contributed by atoms with Crippen molar-refractivity contribution in [2.45, 2.75) is 12.8 Å². The van der Waals surface area contributed by atoms with Crippen molar-refractivity contribution in [2.75, 3.05) is 18.4 Å². The molecule has 24 heavy (non-hydrogen) atoms. The molecule has 0 amide bonds. The number of Topliss-reactive ketones (excluding diaryl/α,β-unsaturated/α-hetero) is 2. The highest BCUT2D eigenvalue weighted by atomic mass is 16.1. The van der Waals surface area contributed by atoms with Crippen molar-refractivity contribution in [1.29, 1.82) is 0 Å². The van der Waals surface area contributed by atoms with Crippen LogP contribution in [0.2, 0.25) is 0 Å². The molecule has 4 rings (SSSR count). The molecular weight excluding hydrogens is 300 g/mol. The summed E-state index contributed by atoms with van der Waals surface area (Å²) < 4.78 is 0. The monoisotopic (exact) mass is 318 g/mol. The van der Waals surface area contributed by atoms with Gasteiger partial charge in [0.1, 0.15) is 11.4 Å². The Morgan fingerprint density at radius 3 is 2.00 bits per heavy atom. The molecule has 1 fully saturated rings. The van der Waals surface area contributed by atoms with Crippen molar-refractivity contribution < 1.29 is 9.59 Å². The molecule has 1 heterocycles. The van der Waals surface area contributed by atoms with Gasteiger partial charge in [-0.3, -0.25) is 9.59 Å². The number of para-hydroxylation sites is 1. The number of rotatable bonds is 3. The lowest BCUT2D eigenvalue weighted by Crippen LogP contribution is -2.35. The van der Waals surface area contributed by atoms with Gasteiger partial charge < -0.3 is 10.2 Å². The molecule has 120 valence electrons. The van der Waals surface area contributed by atoms with Crippen LogP contribution in [0, 0.1) is 0 Å². The van der Waals surface area contributed by atoms with E-state index in [1.165, 1.54) is 0 Å². The topological polar surface area (TPSA) is 49.4 Å². The van der Waals surface area contributed by atoms with E-state index in [1.54, 1.807) is 24.3 Å². The van der Waals surface area contributed by atoms with Gasteiger partial charge in [0.15, 0.2) is 0 Å². The summed E-state index contributed by atoms with van der Waals surface area (Å²) in [7, 11) is 0. The van der Waals surface area contributed by atoms with Crippen molar-refractivity contribution in [3.8, 4) is 0 Å². The molecule has 2 aromatic rings. The summed E-state index contributed by atoms with van der Waals surface area (Å²) in [4.78, 5) is 28.1. The smallest absolute Gasteiger partial charge is 0.212 e. The van der Waals surface area contributed by atoms with Crippen LogP contribution >= 0.6 is 0 Å². The number of benzene rings is 2. The molecule has 0 radical (unpaired) electrons. The highest BCUT2D eigenvalue weighted by molar-refractivity contribution is 6.27. The Hall–Kier alpha value is -2.88. The molecule has 0 atom stereocenters. The van der Waals surface area contributed by atoms with E-state index in [1.807, 2.05) is 35.2 Å². The van der Waals surface area contributed by atoms with Crippen molar-refractivity contribution in [3.63, 3.8) is 0 Å². The Labute approximate surface area is 140 Å². The van der Waals surface area contributed by atoms with Crippen LogP contribution in [0.15, 0.2) is 66.0 Å². The average Bonchev–Trinajstić information content (AvgIpc) is 3.15. The van der Waals surface area contributed by atoms with E-state index in [-0.39, 0.29) is 11.6 Å². The molecule has 4 nitrogen and oxygen atoms in total. The average molecular weight is 318 g/mol. The van der Waals surface area contributed by atoms with Gasteiger partial charge in [-0.15, -0.1) is 0 Å². The third-order valence-electron chi connectivity index (χ3n) is 4.56. The van der Waals surface area contributed by atoms with Crippen LogP contribution in [-0.2, 0) is 0 Å². The lowest BCUT2D eigenvalue weighted by atomic mass is 9.89. The normalized spacial score (nSPS) is 17.2. The molecule has 0 spiro atoms. The molecule has 0 aromatic heterocycles. The number of hydrogen-bond donors (Lipinski definition) is 1. The maximum Gasteiger partial charge on any atom is 0.212 e. The highest BCUT2D eigenvalue weighted by Gasteiger charge is 2.35. The van der Waals surface area contributed by atoms with E-state index in [0.29, 0.717) is 22.5 Å². The summed E-state index contributed by atoms with van der Waals surface area (Å²) in [5.41, 5.74) is 2.70. The van der Waals surface area contributed by atoms with Crippen LogP contribution in [0.25, 0.3) is 0 Å². The Bertz CT molecular complexity index is 834. The summed E-state index contributed by atoms with van der Waals surface area (Å²) in [5.74, 6) is -0.179. The number of likely N-dealkylation sites (tertiary alicyclic amines) is 1. The first-order valence-electron chi connectivity index (χ1n) is 8.25. The molecule has 4 heteroatoms. The van der Waals surface area contributed by atoms with Crippen LogP contribution in [0.3, 0.4) is 0 Å². The predicted octanol–water partition coefficient (Wildman–Crippen LogP) is 3.49. The van der Waals surface area contributed by atoms with Gasteiger partial charge in [-0.25, -0.2) is 0 Å². The van der Waals surface area contributed by atoms with E-state index in [4.69, 9.17) is 0 Å². The number of fused-ring (bicyclic) bond motifs is 1. The second-order valence-corrected chi connectivity index (χ2v) is 6.11. The number of nitrogens with zero attached hydrogens (tertiary/aromatic N) is 1. The molecule has 0 saturated carbocycles. The summed E-state index contributed by atoms with van der Waals surface area (Å²) in [6.07, 6.45) is 2.09. The van der Waals surface area contributed by atoms with E-state index in [9.17, 15) is 9.59 Å². The summed E-state index contributed by atoms with van der Waals surface area (Å²) in [6, 6.07) is 16.6. The fraction of sp³-hybridized carbons (Fsp3) is 0.200. The molecule has 2 aliphatic rings. The summed E-state index contributed by atoms with van der Waals surface area (Å²) in [5, 5.41) is 3.20. The van der Waals surface area contributed by atoms with Crippen molar-refractivity contribution in [3.05, 3.63) is 77.1 Å². The number of ketones is 2. The largest absolute Gasteiger partial charge is 0.367 e. The number of anilines is 1. The molecule has 0 unspecified atom stereocenters. The van der Waals surface area contributed by atoms with E-state index < -0.39 is 0 Å². The number of nitrogens with one attached hydrogen (secondary N) is 1. The second kappa shape index (κ2) is 5.96. The van der Waals surface area contributed by atoms with Crippen LogP contribution in [0.1, 0.15) is 33.6 Å². The van der Waals surface area contributed by atoms with Gasteiger partial charge in [-0.05, 0) is 25.0 Å². The number of carbonyl (C=O) groups excluding carboxylic acids is 2. The van der Waals surface area contributed by atoms with Crippen molar-refractivity contribution in [2.24, 2.45) is 0 Å². The molecule has 1 aliphatic carbocycles. The van der Waals surface area contributed by atoms with Gasteiger partial charge in [-0.2, -0.15) is 0 Å². The number of carbonyl (C=O) groups is 2. The Kier molecular flexibility index (Phi) is 3.65. The predicted molar refractivity (Wildman–Crippen MR) is 93.0 cm³/mol. The van der Waals surface area contributed by atoms with Gasteiger partial charge in [0.25, 0.3) is 0 Å². The van der Waals surface area contributed by atoms with E-state index >= 15 is 0 Å². The number of allylic oxidation sites excluding steroid dienone is 2. The zero-order valence-electron chi connectivity index (χ0n) is 13.3. The van der Waals surface area contributed by atoms with Crippen molar-refractivity contribution in [1.82, 2.24) is 4.90 Å². The molecule has 0 bridgehead atoms. The quantitative estimate of drug-likeness (QED) is 0.941. The minimum Gasteiger partial charge on any atom is -0.367 e. The molecular formula is C20H18N2O2. The summed E-state index contributed by atoms with van der Waals surface area (Å²) in [6.45, 7) is 1.63. The lowest BCUT2D eigenvalue weighted by molar-refractivity contribution is 0.0948. The van der Waals surface area contributed by atoms with Gasteiger partial charge in [0, 0.05) is 29.9 Å². The van der Waals surface area contributed by atoms with Gasteiger partial charge in [0.05, 0.1) is 0 Å². The van der Waals surface area contributed by atoms with Crippen molar-refractivity contribution >= 4 is 17.3 Å². The zero-order valence-corrected chi connectivity index (χ0v) is 13.3. The Balaban J connectivity index is 1.84. The molecule has 1 saturated heterocycles. The van der Waals surface area contributed by atoms with E-state index in [0.717, 1.165) is 31.6 Å². The van der Waals surface area contributed by atoms with E-state index in [2.05, 4.69) is 5.32 Å². The summed E-state index contributed by atoms with van der Waals surface area (Å²) >= 11 is 0. The maximum absolute atomic E-state index is 13.1. The van der Waals surface area contributed by atoms with Crippen LogP contribution in [0.5, 0.6) is 0 Å². The first-order valence-corrected chi connectivity index (χ1v) is 8.25. The molecule has 1 N–H and O–H groups in total. The van der Waals surface area contributed by atoms with Crippen LogP contribution in [0.4, 0.5) is 5.69 Å². The maximum atomic E-state index is 13.1. The minimum absolute atomic E-state index is 0.0643. The standard InChI is InChI=1S/C20H18N2O2/c23-19-15-10-4-5-11-16(15)20(24)18(22-12-6-7-13-22)17(19)21-14-8-2-1-3-9-14/h1-5,8-11,21H,6-7,12-13H2. The second-order valence-electron chi connectivity index (χ2n) is 6.11. The first kappa shape index (κ1) is 14.7.